The summed E-state index contributed by atoms with van der Waals surface area (Å²) in [5.74, 6) is -0.384. The van der Waals surface area contributed by atoms with Gasteiger partial charge in [0.15, 0.2) is 11.4 Å². The van der Waals surface area contributed by atoms with Crippen LogP contribution < -0.4 is 14.5 Å². The Kier molecular flexibility index (Phi) is 8.33. The molecule has 0 radical (unpaired) electrons. The fourth-order valence-corrected chi connectivity index (χ4v) is 7.08. The van der Waals surface area contributed by atoms with Crippen molar-refractivity contribution in [3.63, 3.8) is 0 Å². The lowest BCUT2D eigenvalue weighted by Gasteiger charge is -2.28. The summed E-state index contributed by atoms with van der Waals surface area (Å²) in [4.78, 5) is 45.9. The van der Waals surface area contributed by atoms with Gasteiger partial charge in [-0.25, -0.2) is 0 Å². The molecular formula is C39H37N3O6. The number of amides is 3. The fraction of sp³-hybridized carbons (Fsp3) is 0.256. The van der Waals surface area contributed by atoms with E-state index in [1.807, 2.05) is 66.7 Å². The molecule has 2 N–H and O–H groups in total. The molecule has 7 rings (SSSR count). The minimum absolute atomic E-state index is 0.0559. The molecule has 9 nitrogen and oxygen atoms in total. The number of para-hydroxylation sites is 4. The number of likely N-dealkylation sites (tertiary alicyclic amines) is 1. The Labute approximate surface area is 279 Å². The van der Waals surface area contributed by atoms with Gasteiger partial charge < -0.3 is 24.7 Å². The third-order valence-electron chi connectivity index (χ3n) is 9.62. The van der Waals surface area contributed by atoms with Crippen LogP contribution in [0.1, 0.15) is 47.7 Å². The zero-order valence-corrected chi connectivity index (χ0v) is 26.7. The fourth-order valence-electron chi connectivity index (χ4n) is 7.08. The molecule has 3 aliphatic rings. The van der Waals surface area contributed by atoms with Gasteiger partial charge in [-0.3, -0.25) is 19.3 Å². The van der Waals surface area contributed by atoms with E-state index < -0.39 is 17.4 Å². The standard InChI is InChI=1S/C39H37N3O6/c1-26(11-8-21-36(44)40-22-10-14-29(40)25-43)39(47)31-16-3-4-17-32(31)41(38(39)46)24-27-12-9-13-28(23-27)42-33-18-5-7-20-35(33)48-34-19-6-2-15-30(34)37(42)45/h2-9,11-13,15-20,23,26,29,43,47H,10,14,21-22,24-25H2,1H3/b11-8+/t26-,29-,39+/m0/s1. The van der Waals surface area contributed by atoms with Crippen LogP contribution in [-0.4, -0.2) is 52.0 Å². The van der Waals surface area contributed by atoms with Gasteiger partial charge in [0.2, 0.25) is 5.91 Å². The van der Waals surface area contributed by atoms with Gasteiger partial charge in [-0.15, -0.1) is 0 Å². The van der Waals surface area contributed by atoms with E-state index in [1.54, 1.807) is 64.1 Å². The molecule has 0 unspecified atom stereocenters. The van der Waals surface area contributed by atoms with Crippen LogP contribution in [0.5, 0.6) is 11.5 Å². The summed E-state index contributed by atoms with van der Waals surface area (Å²) in [5, 5.41) is 21.7. The van der Waals surface area contributed by atoms with Crippen molar-refractivity contribution in [1.82, 2.24) is 4.90 Å². The summed E-state index contributed by atoms with van der Waals surface area (Å²) in [6, 6.07) is 29.0. The molecular weight excluding hydrogens is 606 g/mol. The molecule has 48 heavy (non-hydrogen) atoms. The zero-order chi connectivity index (χ0) is 33.4. The summed E-state index contributed by atoms with van der Waals surface area (Å²) < 4.78 is 6.16. The third kappa shape index (κ3) is 5.35. The lowest BCUT2D eigenvalue weighted by Crippen LogP contribution is -2.44. The van der Waals surface area contributed by atoms with Crippen molar-refractivity contribution >= 4 is 34.8 Å². The van der Waals surface area contributed by atoms with Crippen LogP contribution in [0, 0.1) is 5.92 Å². The number of carbonyl (C=O) groups is 3. The SMILES string of the molecule is C[C@@H](/C=C/CC(=O)N1CCC[C@H]1CO)[C@]1(O)C(=O)N(Cc2cccc(N3C(=O)c4ccccc4Oc4ccccc43)c2)c2ccccc21. The Bertz CT molecular complexity index is 1920. The number of fused-ring (bicyclic) bond motifs is 3. The Morgan fingerprint density at radius 3 is 2.50 bits per heavy atom. The van der Waals surface area contributed by atoms with E-state index in [0.29, 0.717) is 46.2 Å². The van der Waals surface area contributed by atoms with Crippen molar-refractivity contribution in [2.45, 2.75) is 44.4 Å². The van der Waals surface area contributed by atoms with Gasteiger partial charge in [-0.1, -0.05) is 73.7 Å². The first-order chi connectivity index (χ1) is 23.3. The molecule has 0 aliphatic carbocycles. The average Bonchev–Trinajstić information content (AvgIpc) is 3.64. The number of carbonyl (C=O) groups excluding carboxylic acids is 3. The van der Waals surface area contributed by atoms with E-state index in [0.717, 1.165) is 18.4 Å². The highest BCUT2D eigenvalue weighted by atomic mass is 16.5. The largest absolute Gasteiger partial charge is 0.454 e. The van der Waals surface area contributed by atoms with E-state index in [-0.39, 0.29) is 37.4 Å². The minimum atomic E-state index is -1.84. The number of anilines is 3. The summed E-state index contributed by atoms with van der Waals surface area (Å²) in [6.07, 6.45) is 5.21. The number of hydrogen-bond donors (Lipinski definition) is 2. The summed E-state index contributed by atoms with van der Waals surface area (Å²) in [5.41, 5.74) is 1.68. The predicted molar refractivity (Wildman–Crippen MR) is 182 cm³/mol. The van der Waals surface area contributed by atoms with Gasteiger partial charge in [0.25, 0.3) is 11.8 Å². The Morgan fingerprint density at radius 1 is 0.958 bits per heavy atom. The number of ether oxygens (including phenoxy) is 1. The zero-order valence-electron chi connectivity index (χ0n) is 26.7. The van der Waals surface area contributed by atoms with Crippen LogP contribution in [0.3, 0.4) is 0 Å². The van der Waals surface area contributed by atoms with E-state index in [4.69, 9.17) is 4.74 Å². The molecule has 0 spiro atoms. The van der Waals surface area contributed by atoms with E-state index >= 15 is 0 Å². The third-order valence-corrected chi connectivity index (χ3v) is 9.62. The number of benzene rings is 4. The number of nitrogens with zero attached hydrogens (tertiary/aromatic N) is 3. The van der Waals surface area contributed by atoms with E-state index in [9.17, 15) is 24.6 Å². The quantitative estimate of drug-likeness (QED) is 0.226. The maximum atomic E-state index is 14.2. The molecule has 1 saturated heterocycles. The van der Waals surface area contributed by atoms with Gasteiger partial charge in [0, 0.05) is 30.1 Å². The number of rotatable bonds is 8. The van der Waals surface area contributed by atoms with Crippen molar-refractivity contribution in [3.05, 3.63) is 126 Å². The molecule has 0 bridgehead atoms. The topological polar surface area (TPSA) is 111 Å². The molecule has 3 amide bonds. The molecule has 244 valence electrons. The minimum Gasteiger partial charge on any atom is -0.454 e. The predicted octanol–water partition coefficient (Wildman–Crippen LogP) is 6.07. The molecule has 3 atom stereocenters. The second-order valence-corrected chi connectivity index (χ2v) is 12.5. The Hall–Kier alpha value is -5.25. The molecule has 9 heteroatoms. The van der Waals surface area contributed by atoms with Crippen LogP contribution in [0.2, 0.25) is 0 Å². The van der Waals surface area contributed by atoms with Crippen LogP contribution in [0.4, 0.5) is 17.1 Å². The number of hydrogen-bond acceptors (Lipinski definition) is 6. The van der Waals surface area contributed by atoms with Gasteiger partial charge in [0.05, 0.1) is 36.1 Å². The monoisotopic (exact) mass is 643 g/mol. The van der Waals surface area contributed by atoms with Crippen molar-refractivity contribution in [1.29, 1.82) is 0 Å². The summed E-state index contributed by atoms with van der Waals surface area (Å²) >= 11 is 0. The van der Waals surface area contributed by atoms with Crippen molar-refractivity contribution in [2.75, 3.05) is 23.0 Å². The first kappa shape index (κ1) is 31.4. The van der Waals surface area contributed by atoms with Crippen molar-refractivity contribution < 1.29 is 29.3 Å². The number of aliphatic hydroxyl groups excluding tert-OH is 1. The average molecular weight is 644 g/mol. The van der Waals surface area contributed by atoms with Crippen molar-refractivity contribution in [2.24, 2.45) is 5.92 Å². The van der Waals surface area contributed by atoms with Crippen molar-refractivity contribution in [3.8, 4) is 11.5 Å². The van der Waals surface area contributed by atoms with Gasteiger partial charge in [0.1, 0.15) is 5.75 Å². The molecule has 0 saturated carbocycles. The second kappa shape index (κ2) is 12.7. The highest BCUT2D eigenvalue weighted by Crippen LogP contribution is 2.46. The summed E-state index contributed by atoms with van der Waals surface area (Å²) in [6.45, 7) is 2.50. The highest BCUT2D eigenvalue weighted by molar-refractivity contribution is 6.14. The molecule has 3 heterocycles. The molecule has 3 aliphatic heterocycles. The summed E-state index contributed by atoms with van der Waals surface area (Å²) in [7, 11) is 0. The van der Waals surface area contributed by atoms with Crippen LogP contribution in [0.15, 0.2) is 109 Å². The lowest BCUT2D eigenvalue weighted by molar-refractivity contribution is -0.139. The molecule has 1 fully saturated rings. The molecule has 4 aromatic carbocycles. The normalized spacial score (nSPS) is 20.7. The van der Waals surface area contributed by atoms with Crippen LogP contribution >= 0.6 is 0 Å². The Morgan fingerprint density at radius 2 is 1.69 bits per heavy atom. The van der Waals surface area contributed by atoms with Gasteiger partial charge >= 0.3 is 0 Å². The second-order valence-electron chi connectivity index (χ2n) is 12.5. The first-order valence-corrected chi connectivity index (χ1v) is 16.3. The smallest absolute Gasteiger partial charge is 0.266 e. The van der Waals surface area contributed by atoms with Gasteiger partial charge in [-0.2, -0.15) is 0 Å². The Balaban J connectivity index is 1.15. The van der Waals surface area contributed by atoms with E-state index in [1.165, 1.54) is 0 Å². The van der Waals surface area contributed by atoms with Crippen LogP contribution in [0.25, 0.3) is 0 Å². The van der Waals surface area contributed by atoms with Gasteiger partial charge in [-0.05, 0) is 60.9 Å². The highest BCUT2D eigenvalue weighted by Gasteiger charge is 2.52. The lowest BCUT2D eigenvalue weighted by atomic mass is 9.83. The van der Waals surface area contributed by atoms with Crippen LogP contribution in [-0.2, 0) is 21.7 Å². The first-order valence-electron chi connectivity index (χ1n) is 16.3. The van der Waals surface area contributed by atoms with E-state index in [2.05, 4.69) is 0 Å². The molecule has 4 aromatic rings. The number of aliphatic hydroxyl groups is 2. The molecule has 0 aromatic heterocycles. The maximum Gasteiger partial charge on any atom is 0.266 e. The maximum absolute atomic E-state index is 14.2.